The molecule has 1 N–H and O–H groups in total. The Morgan fingerprint density at radius 1 is 0.968 bits per heavy atom. The molecule has 0 spiro atoms. The Bertz CT molecular complexity index is 1000. The lowest BCUT2D eigenvalue weighted by molar-refractivity contribution is -0.118. The van der Waals surface area contributed by atoms with Gasteiger partial charge in [0.1, 0.15) is 11.6 Å². The van der Waals surface area contributed by atoms with E-state index in [4.69, 9.17) is 4.74 Å². The van der Waals surface area contributed by atoms with Crippen LogP contribution in [0.4, 0.5) is 15.9 Å². The van der Waals surface area contributed by atoms with Gasteiger partial charge in [0.25, 0.3) is 5.91 Å². The van der Waals surface area contributed by atoms with Gasteiger partial charge in [-0.25, -0.2) is 4.39 Å². The maximum Gasteiger partial charge on any atom is 0.262 e. The van der Waals surface area contributed by atoms with Gasteiger partial charge < -0.3 is 15.0 Å². The maximum atomic E-state index is 12.9. The second-order valence-electron chi connectivity index (χ2n) is 7.55. The first kappa shape index (κ1) is 20.8. The molecule has 1 fully saturated rings. The fraction of sp³-hybridized carbons (Fsp3) is 0.292. The van der Waals surface area contributed by atoms with Crippen LogP contribution in [-0.2, 0) is 4.79 Å². The molecule has 2 heterocycles. The predicted molar refractivity (Wildman–Crippen MR) is 119 cm³/mol. The molecule has 0 bridgehead atoms. The number of ether oxygens (including phenoxy) is 1. The number of anilines is 2. The smallest absolute Gasteiger partial charge is 0.262 e. The number of carbonyl (C=O) groups is 1. The lowest BCUT2D eigenvalue weighted by atomic mass is 10.1. The summed E-state index contributed by atoms with van der Waals surface area (Å²) in [5, 5.41) is 11.6. The standard InChI is InChI=1S/C24H25FN4O2/c25-19-8-10-21(11-9-19)31-17-24(30)26-20-7-5-6-18(16-20)22-12-13-23(28-27-22)29-14-3-1-2-4-15-29/h5-13,16H,1-4,14-15,17H2,(H,26,30). The molecule has 1 saturated heterocycles. The first-order valence-corrected chi connectivity index (χ1v) is 10.5. The van der Waals surface area contributed by atoms with Gasteiger partial charge in [-0.3, -0.25) is 4.79 Å². The first-order valence-electron chi connectivity index (χ1n) is 10.5. The number of aromatic nitrogens is 2. The molecular weight excluding hydrogens is 395 g/mol. The molecule has 0 saturated carbocycles. The second kappa shape index (κ2) is 10.0. The van der Waals surface area contributed by atoms with Crippen LogP contribution in [-0.4, -0.2) is 35.8 Å². The Kier molecular flexibility index (Phi) is 6.72. The van der Waals surface area contributed by atoms with Crippen molar-refractivity contribution in [2.45, 2.75) is 25.7 Å². The molecule has 7 heteroatoms. The lowest BCUT2D eigenvalue weighted by Crippen LogP contribution is -2.25. The summed E-state index contributed by atoms with van der Waals surface area (Å²) in [4.78, 5) is 14.5. The Balaban J connectivity index is 1.37. The summed E-state index contributed by atoms with van der Waals surface area (Å²) in [7, 11) is 0. The van der Waals surface area contributed by atoms with Gasteiger partial charge >= 0.3 is 0 Å². The van der Waals surface area contributed by atoms with Crippen molar-refractivity contribution in [1.82, 2.24) is 10.2 Å². The number of halogens is 1. The number of hydrogen-bond acceptors (Lipinski definition) is 5. The number of nitrogens with one attached hydrogen (secondary N) is 1. The van der Waals surface area contributed by atoms with Crippen LogP contribution in [0, 0.1) is 5.82 Å². The molecule has 0 unspecified atom stereocenters. The molecule has 1 aliphatic heterocycles. The van der Waals surface area contributed by atoms with Crippen LogP contribution < -0.4 is 15.0 Å². The number of carbonyl (C=O) groups excluding carboxylic acids is 1. The van der Waals surface area contributed by atoms with E-state index in [0.29, 0.717) is 11.4 Å². The molecular formula is C24H25FN4O2. The Labute approximate surface area is 181 Å². The fourth-order valence-electron chi connectivity index (χ4n) is 3.58. The summed E-state index contributed by atoms with van der Waals surface area (Å²) in [5.74, 6) is 0.693. The molecule has 1 aromatic heterocycles. The molecule has 0 aliphatic carbocycles. The minimum atomic E-state index is -0.351. The monoisotopic (exact) mass is 420 g/mol. The molecule has 160 valence electrons. The Morgan fingerprint density at radius 2 is 1.74 bits per heavy atom. The summed E-state index contributed by atoms with van der Waals surface area (Å²) in [6, 6.07) is 17.0. The second-order valence-corrected chi connectivity index (χ2v) is 7.55. The highest BCUT2D eigenvalue weighted by molar-refractivity contribution is 5.92. The van der Waals surface area contributed by atoms with Gasteiger partial charge in [0.05, 0.1) is 5.69 Å². The topological polar surface area (TPSA) is 67.3 Å². The lowest BCUT2D eigenvalue weighted by Gasteiger charge is -2.20. The Hall–Kier alpha value is -3.48. The molecule has 3 aromatic rings. The van der Waals surface area contributed by atoms with Crippen molar-refractivity contribution in [3.8, 4) is 17.0 Å². The number of benzene rings is 2. The molecule has 1 amide bonds. The Morgan fingerprint density at radius 3 is 2.45 bits per heavy atom. The van der Waals surface area contributed by atoms with E-state index in [2.05, 4.69) is 20.4 Å². The van der Waals surface area contributed by atoms with Crippen molar-refractivity contribution in [2.24, 2.45) is 0 Å². The number of nitrogens with zero attached hydrogens (tertiary/aromatic N) is 3. The van der Waals surface area contributed by atoms with Crippen LogP contribution >= 0.6 is 0 Å². The number of rotatable bonds is 6. The van der Waals surface area contributed by atoms with Crippen LogP contribution in [0.2, 0.25) is 0 Å². The van der Waals surface area contributed by atoms with Crippen molar-refractivity contribution in [1.29, 1.82) is 0 Å². The van der Waals surface area contributed by atoms with E-state index in [1.165, 1.54) is 49.9 Å². The summed E-state index contributed by atoms with van der Waals surface area (Å²) in [6.45, 7) is 1.88. The highest BCUT2D eigenvalue weighted by Gasteiger charge is 2.12. The number of hydrogen-bond donors (Lipinski definition) is 1. The minimum Gasteiger partial charge on any atom is -0.484 e. The molecule has 0 radical (unpaired) electrons. The van der Waals surface area contributed by atoms with Gasteiger partial charge in [0.2, 0.25) is 0 Å². The highest BCUT2D eigenvalue weighted by atomic mass is 19.1. The maximum absolute atomic E-state index is 12.9. The van der Waals surface area contributed by atoms with Crippen LogP contribution in [0.15, 0.2) is 60.7 Å². The van der Waals surface area contributed by atoms with Crippen LogP contribution in [0.1, 0.15) is 25.7 Å². The van der Waals surface area contributed by atoms with Crippen molar-refractivity contribution >= 4 is 17.4 Å². The van der Waals surface area contributed by atoms with Crippen LogP contribution in [0.3, 0.4) is 0 Å². The van der Waals surface area contributed by atoms with Gasteiger partial charge in [-0.05, 0) is 61.4 Å². The van der Waals surface area contributed by atoms with Crippen molar-refractivity contribution < 1.29 is 13.9 Å². The average molecular weight is 420 g/mol. The zero-order valence-electron chi connectivity index (χ0n) is 17.3. The van der Waals surface area contributed by atoms with E-state index < -0.39 is 0 Å². The fourth-order valence-corrected chi connectivity index (χ4v) is 3.58. The molecule has 1 aliphatic rings. The summed E-state index contributed by atoms with van der Waals surface area (Å²) < 4.78 is 18.3. The van der Waals surface area contributed by atoms with Crippen LogP contribution in [0.25, 0.3) is 11.3 Å². The van der Waals surface area contributed by atoms with Gasteiger partial charge in [0.15, 0.2) is 12.4 Å². The van der Waals surface area contributed by atoms with Crippen molar-refractivity contribution in [2.75, 3.05) is 29.9 Å². The minimum absolute atomic E-state index is 0.166. The van der Waals surface area contributed by atoms with Gasteiger partial charge in [0, 0.05) is 24.3 Å². The predicted octanol–water partition coefficient (Wildman–Crippen LogP) is 4.68. The molecule has 6 nitrogen and oxygen atoms in total. The molecule has 2 aromatic carbocycles. The average Bonchev–Trinajstić information content (AvgIpc) is 3.09. The zero-order valence-corrected chi connectivity index (χ0v) is 17.3. The highest BCUT2D eigenvalue weighted by Crippen LogP contribution is 2.23. The third-order valence-electron chi connectivity index (χ3n) is 5.21. The van der Waals surface area contributed by atoms with Crippen molar-refractivity contribution in [3.05, 3.63) is 66.5 Å². The van der Waals surface area contributed by atoms with E-state index in [-0.39, 0.29) is 18.3 Å². The van der Waals surface area contributed by atoms with Crippen LogP contribution in [0.5, 0.6) is 5.75 Å². The largest absolute Gasteiger partial charge is 0.484 e. The van der Waals surface area contributed by atoms with E-state index in [9.17, 15) is 9.18 Å². The summed E-state index contributed by atoms with van der Waals surface area (Å²) in [6.07, 6.45) is 4.93. The van der Waals surface area contributed by atoms with E-state index in [0.717, 1.165) is 30.2 Å². The van der Waals surface area contributed by atoms with E-state index >= 15 is 0 Å². The van der Waals surface area contributed by atoms with Crippen molar-refractivity contribution in [3.63, 3.8) is 0 Å². The third-order valence-corrected chi connectivity index (χ3v) is 5.21. The zero-order chi connectivity index (χ0) is 21.5. The molecule has 31 heavy (non-hydrogen) atoms. The summed E-state index contributed by atoms with van der Waals surface area (Å²) >= 11 is 0. The van der Waals surface area contributed by atoms with Gasteiger partial charge in [-0.2, -0.15) is 0 Å². The molecule has 0 atom stereocenters. The number of amides is 1. The van der Waals surface area contributed by atoms with E-state index in [1.807, 2.05) is 30.3 Å². The first-order chi connectivity index (χ1) is 15.2. The SMILES string of the molecule is O=C(COc1ccc(F)cc1)Nc1cccc(-c2ccc(N3CCCCCC3)nn2)c1. The normalized spacial score (nSPS) is 14.0. The third kappa shape index (κ3) is 5.78. The quantitative estimate of drug-likeness (QED) is 0.627. The summed E-state index contributed by atoms with van der Waals surface area (Å²) in [5.41, 5.74) is 2.26. The van der Waals surface area contributed by atoms with Gasteiger partial charge in [-0.15, -0.1) is 10.2 Å². The molecule has 4 rings (SSSR count). The van der Waals surface area contributed by atoms with E-state index in [1.54, 1.807) is 6.07 Å². The van der Waals surface area contributed by atoms with Gasteiger partial charge in [-0.1, -0.05) is 25.0 Å².